The van der Waals surface area contributed by atoms with Crippen molar-refractivity contribution in [1.29, 1.82) is 0 Å². The van der Waals surface area contributed by atoms with E-state index in [1.807, 2.05) is 37.3 Å². The first kappa shape index (κ1) is 11.1. The molecule has 0 amide bonds. The Morgan fingerprint density at radius 3 is 2.57 bits per heavy atom. The molecule has 1 aromatic carbocycles. The van der Waals surface area contributed by atoms with E-state index in [2.05, 4.69) is 0 Å². The fourth-order valence-electron chi connectivity index (χ4n) is 1.34. The normalized spacial score (nSPS) is 12.1. The largest absolute Gasteiger partial charge is 0.445 e. The molecule has 1 atom stereocenters. The number of hydrogen-bond donors (Lipinski definition) is 0. The second-order valence-corrected chi connectivity index (χ2v) is 3.35. The van der Waals surface area contributed by atoms with Crippen LogP contribution in [0.4, 0.5) is 4.79 Å². The van der Waals surface area contributed by atoms with Crippen LogP contribution in [0.2, 0.25) is 0 Å². The van der Waals surface area contributed by atoms with Crippen LogP contribution in [0, 0.1) is 0 Å². The second kappa shape index (κ2) is 5.66. The number of halogens is 1. The molecule has 0 aliphatic rings. The van der Waals surface area contributed by atoms with E-state index in [9.17, 15) is 4.79 Å². The van der Waals surface area contributed by atoms with Gasteiger partial charge in [-0.25, -0.2) is 4.79 Å². The second-order valence-electron chi connectivity index (χ2n) is 3.04. The third-order valence-electron chi connectivity index (χ3n) is 1.96. The summed E-state index contributed by atoms with van der Waals surface area (Å²) in [6, 6.07) is 9.62. The molecular formula is C11H13ClO2. The first-order chi connectivity index (χ1) is 6.74. The van der Waals surface area contributed by atoms with Crippen molar-refractivity contribution >= 4 is 17.0 Å². The third-order valence-corrected chi connectivity index (χ3v) is 2.05. The van der Waals surface area contributed by atoms with Crippen LogP contribution in [0.3, 0.4) is 0 Å². The van der Waals surface area contributed by atoms with Crippen molar-refractivity contribution in [2.45, 2.75) is 25.9 Å². The van der Waals surface area contributed by atoms with Gasteiger partial charge in [-0.2, -0.15) is 0 Å². The summed E-state index contributed by atoms with van der Waals surface area (Å²) in [5.74, 6) is 0. The van der Waals surface area contributed by atoms with E-state index in [4.69, 9.17) is 16.3 Å². The van der Waals surface area contributed by atoms with Gasteiger partial charge in [0.2, 0.25) is 0 Å². The Hall–Kier alpha value is -1.02. The van der Waals surface area contributed by atoms with Crippen molar-refractivity contribution in [2.75, 3.05) is 0 Å². The minimum atomic E-state index is -0.743. The van der Waals surface area contributed by atoms with Gasteiger partial charge in [0.05, 0.1) is 0 Å². The summed E-state index contributed by atoms with van der Waals surface area (Å²) in [4.78, 5) is 10.6. The maximum atomic E-state index is 10.6. The molecule has 0 fully saturated rings. The Kier molecular flexibility index (Phi) is 4.47. The fourth-order valence-corrected chi connectivity index (χ4v) is 1.44. The molecule has 14 heavy (non-hydrogen) atoms. The van der Waals surface area contributed by atoms with Gasteiger partial charge in [-0.05, 0) is 12.0 Å². The lowest BCUT2D eigenvalue weighted by Gasteiger charge is -2.15. The predicted molar refractivity (Wildman–Crippen MR) is 56.4 cm³/mol. The van der Waals surface area contributed by atoms with E-state index in [0.717, 1.165) is 18.4 Å². The van der Waals surface area contributed by atoms with E-state index in [1.54, 1.807) is 0 Å². The summed E-state index contributed by atoms with van der Waals surface area (Å²) in [5, 5.41) is 0. The van der Waals surface area contributed by atoms with Gasteiger partial charge in [-0.3, -0.25) is 0 Å². The van der Waals surface area contributed by atoms with Crippen molar-refractivity contribution in [3.05, 3.63) is 35.9 Å². The number of carbonyl (C=O) groups is 1. The predicted octanol–water partition coefficient (Wildman–Crippen LogP) is 3.90. The maximum Gasteiger partial charge on any atom is 0.404 e. The third kappa shape index (κ3) is 3.38. The zero-order valence-electron chi connectivity index (χ0n) is 8.07. The summed E-state index contributed by atoms with van der Waals surface area (Å²) in [6.45, 7) is 2.04. The van der Waals surface area contributed by atoms with Gasteiger partial charge in [-0.15, -0.1) is 0 Å². The summed E-state index contributed by atoms with van der Waals surface area (Å²) in [6.07, 6.45) is 1.53. The van der Waals surface area contributed by atoms with Crippen molar-refractivity contribution in [2.24, 2.45) is 0 Å². The molecule has 1 unspecified atom stereocenters. The molecule has 0 bridgehead atoms. The van der Waals surface area contributed by atoms with Crippen molar-refractivity contribution < 1.29 is 9.53 Å². The summed E-state index contributed by atoms with van der Waals surface area (Å²) < 4.78 is 5.00. The molecule has 76 valence electrons. The highest BCUT2D eigenvalue weighted by Crippen LogP contribution is 2.23. The molecule has 0 heterocycles. The Balaban J connectivity index is 2.72. The Morgan fingerprint density at radius 1 is 1.43 bits per heavy atom. The van der Waals surface area contributed by atoms with Gasteiger partial charge < -0.3 is 4.74 Å². The molecule has 0 radical (unpaired) electrons. The molecule has 0 N–H and O–H groups in total. The lowest BCUT2D eigenvalue weighted by atomic mass is 10.1. The van der Waals surface area contributed by atoms with Crippen LogP contribution in [-0.4, -0.2) is 5.43 Å². The zero-order chi connectivity index (χ0) is 10.4. The van der Waals surface area contributed by atoms with Gasteiger partial charge in [-0.1, -0.05) is 43.7 Å². The van der Waals surface area contributed by atoms with Gasteiger partial charge >= 0.3 is 5.43 Å². The van der Waals surface area contributed by atoms with Gasteiger partial charge in [0.15, 0.2) is 0 Å². The topological polar surface area (TPSA) is 26.3 Å². The van der Waals surface area contributed by atoms with Crippen LogP contribution in [0.1, 0.15) is 31.4 Å². The van der Waals surface area contributed by atoms with Crippen molar-refractivity contribution in [1.82, 2.24) is 0 Å². The number of hydrogen-bond acceptors (Lipinski definition) is 2. The number of benzene rings is 1. The molecule has 0 aliphatic carbocycles. The minimum absolute atomic E-state index is 0.216. The van der Waals surface area contributed by atoms with Crippen LogP contribution in [0.5, 0.6) is 0 Å². The first-order valence-electron chi connectivity index (χ1n) is 4.65. The number of rotatable bonds is 4. The van der Waals surface area contributed by atoms with Crippen molar-refractivity contribution in [3.63, 3.8) is 0 Å². The van der Waals surface area contributed by atoms with E-state index in [-0.39, 0.29) is 6.10 Å². The maximum absolute atomic E-state index is 10.6. The molecule has 1 aromatic rings. The van der Waals surface area contributed by atoms with Crippen molar-refractivity contribution in [3.8, 4) is 0 Å². The van der Waals surface area contributed by atoms with Gasteiger partial charge in [0, 0.05) is 11.6 Å². The minimum Gasteiger partial charge on any atom is -0.445 e. The molecule has 3 heteroatoms. The van der Waals surface area contributed by atoms with E-state index < -0.39 is 5.43 Å². The van der Waals surface area contributed by atoms with Crippen LogP contribution < -0.4 is 0 Å². The Bertz CT molecular complexity index is 285. The molecule has 2 nitrogen and oxygen atoms in total. The zero-order valence-corrected chi connectivity index (χ0v) is 8.83. The Labute approximate surface area is 88.8 Å². The lowest BCUT2D eigenvalue weighted by Crippen LogP contribution is -2.05. The summed E-state index contributed by atoms with van der Waals surface area (Å²) in [5.41, 5.74) is 0.246. The lowest BCUT2D eigenvalue weighted by molar-refractivity contribution is 0.115. The average Bonchev–Trinajstić information content (AvgIpc) is 2.18. The highest BCUT2D eigenvalue weighted by Gasteiger charge is 2.13. The van der Waals surface area contributed by atoms with Crippen LogP contribution >= 0.6 is 11.6 Å². The van der Waals surface area contributed by atoms with Gasteiger partial charge in [0.25, 0.3) is 0 Å². The highest BCUT2D eigenvalue weighted by molar-refractivity contribution is 6.61. The van der Waals surface area contributed by atoms with Gasteiger partial charge in [0.1, 0.15) is 6.10 Å². The summed E-state index contributed by atoms with van der Waals surface area (Å²) in [7, 11) is 0. The average molecular weight is 213 g/mol. The first-order valence-corrected chi connectivity index (χ1v) is 5.03. The van der Waals surface area contributed by atoms with Crippen LogP contribution in [0.15, 0.2) is 30.3 Å². The molecule has 0 aromatic heterocycles. The molecule has 0 spiro atoms. The number of carbonyl (C=O) groups excluding carboxylic acids is 1. The number of ether oxygens (including phenoxy) is 1. The smallest absolute Gasteiger partial charge is 0.404 e. The summed E-state index contributed by atoms with van der Waals surface area (Å²) >= 11 is 5.20. The van der Waals surface area contributed by atoms with Crippen LogP contribution in [0.25, 0.3) is 0 Å². The fraction of sp³-hybridized carbons (Fsp3) is 0.364. The van der Waals surface area contributed by atoms with Crippen LogP contribution in [-0.2, 0) is 4.74 Å². The standard InChI is InChI=1S/C11H13ClO2/c1-2-6-10(14-11(12)13)9-7-4-3-5-8-9/h3-5,7-8,10H,2,6H2,1H3. The monoisotopic (exact) mass is 212 g/mol. The van der Waals surface area contributed by atoms with E-state index in [1.165, 1.54) is 0 Å². The molecule has 0 aliphatic heterocycles. The molecule has 0 saturated heterocycles. The quantitative estimate of drug-likeness (QED) is 0.708. The van der Waals surface area contributed by atoms with E-state index >= 15 is 0 Å². The molecule has 0 saturated carbocycles. The van der Waals surface area contributed by atoms with E-state index in [0.29, 0.717) is 0 Å². The highest BCUT2D eigenvalue weighted by atomic mass is 35.5. The SMILES string of the molecule is CCCC(OC(=O)Cl)c1ccccc1. The Morgan fingerprint density at radius 2 is 2.07 bits per heavy atom. The molecule has 1 rings (SSSR count). The molecular weight excluding hydrogens is 200 g/mol.